The Morgan fingerprint density at radius 1 is 1.03 bits per heavy atom. The molecule has 0 heterocycles. The second-order valence-corrected chi connectivity index (χ2v) is 8.41. The van der Waals surface area contributed by atoms with E-state index in [4.69, 9.17) is 16.3 Å². The van der Waals surface area contributed by atoms with Crippen molar-refractivity contribution in [2.45, 2.75) is 31.6 Å². The molecule has 1 nitrogen and oxygen atoms in total. The van der Waals surface area contributed by atoms with Crippen LogP contribution in [-0.2, 0) is 11.8 Å². The van der Waals surface area contributed by atoms with Crippen molar-refractivity contribution in [2.24, 2.45) is 0 Å². The fraction of sp³-hybridized carbons (Fsp3) is 0.200. The van der Waals surface area contributed by atoms with Gasteiger partial charge in [-0.15, -0.1) is 0 Å². The Morgan fingerprint density at radius 2 is 1.76 bits per heavy atom. The number of aryl methyl sites for hydroxylation is 1. The number of benzene rings is 3. The van der Waals surface area contributed by atoms with Crippen molar-refractivity contribution in [3.63, 3.8) is 0 Å². The third kappa shape index (κ3) is 6.06. The first-order valence-corrected chi connectivity index (χ1v) is 11.2. The molecule has 0 saturated carbocycles. The zero-order valence-electron chi connectivity index (χ0n) is 16.2. The van der Waals surface area contributed by atoms with E-state index in [0.717, 1.165) is 29.8 Å². The monoisotopic (exact) mass is 520 g/mol. The summed E-state index contributed by atoms with van der Waals surface area (Å²) < 4.78 is 22.0. The minimum Gasteiger partial charge on any atom is -0.454 e. The molecule has 1 atom stereocenters. The summed E-state index contributed by atoms with van der Waals surface area (Å²) in [5, 5.41) is 0.742. The van der Waals surface area contributed by atoms with Gasteiger partial charge < -0.3 is 4.74 Å². The van der Waals surface area contributed by atoms with Gasteiger partial charge in [-0.3, -0.25) is 0 Å². The molecular formula is C25H23ClFIO. The largest absolute Gasteiger partial charge is 0.454 e. The van der Waals surface area contributed by atoms with E-state index < -0.39 is 0 Å². The van der Waals surface area contributed by atoms with E-state index in [1.807, 2.05) is 48.5 Å². The number of para-hydroxylation sites is 1. The predicted octanol–water partition coefficient (Wildman–Crippen LogP) is 8.50. The zero-order valence-corrected chi connectivity index (χ0v) is 19.2. The molecule has 0 aliphatic heterocycles. The van der Waals surface area contributed by atoms with Gasteiger partial charge in [0.2, 0.25) is 0 Å². The van der Waals surface area contributed by atoms with Gasteiger partial charge >= 0.3 is 0 Å². The van der Waals surface area contributed by atoms with Crippen LogP contribution in [0.3, 0.4) is 0 Å². The minimum atomic E-state index is -0.351. The van der Waals surface area contributed by atoms with E-state index in [9.17, 15) is 4.39 Å². The third-order valence-corrected chi connectivity index (χ3v) is 5.67. The molecule has 4 heteroatoms. The summed E-state index contributed by atoms with van der Waals surface area (Å²) in [6, 6.07) is 22.4. The first-order valence-electron chi connectivity index (χ1n) is 9.55. The summed E-state index contributed by atoms with van der Waals surface area (Å²) in [6.45, 7) is 2.24. The van der Waals surface area contributed by atoms with Gasteiger partial charge in [0.05, 0.1) is 0 Å². The highest BCUT2D eigenvalue weighted by Gasteiger charge is 2.23. The summed E-state index contributed by atoms with van der Waals surface area (Å²) in [4.78, 5) is 0. The van der Waals surface area contributed by atoms with Crippen molar-refractivity contribution >= 4 is 34.2 Å². The molecule has 0 spiro atoms. The van der Waals surface area contributed by atoms with Crippen molar-refractivity contribution in [1.82, 2.24) is 0 Å². The van der Waals surface area contributed by atoms with Crippen molar-refractivity contribution in [2.75, 3.05) is 0 Å². The molecule has 0 aliphatic carbocycles. The van der Waals surface area contributed by atoms with Crippen LogP contribution < -0.4 is 4.74 Å². The van der Waals surface area contributed by atoms with E-state index in [1.165, 1.54) is 11.6 Å². The first-order chi connectivity index (χ1) is 14.0. The maximum atomic E-state index is 14.2. The number of ether oxygens (including phenoxy) is 1. The highest BCUT2D eigenvalue weighted by Crippen LogP contribution is 2.33. The smallest absolute Gasteiger partial charge is 0.165 e. The molecular weight excluding hydrogens is 498 g/mol. The number of hydrogen-bond donors (Lipinski definition) is 0. The standard InChI is InChI=1S/C25H23ClFIO/c1-25(16-17-28,20-10-12-21(26)13-11-20)15-5-6-19-9-14-23(27)24(18-19)29-22-7-3-2-4-8-22/h2-4,7-14,16-18H,5-6,15H2,1H3. The number of rotatable bonds is 8. The molecule has 3 rings (SSSR count). The van der Waals surface area contributed by atoms with Gasteiger partial charge in [-0.25, -0.2) is 4.39 Å². The predicted molar refractivity (Wildman–Crippen MR) is 128 cm³/mol. The lowest BCUT2D eigenvalue weighted by atomic mass is 9.78. The Balaban J connectivity index is 1.68. The van der Waals surface area contributed by atoms with Gasteiger partial charge in [0, 0.05) is 10.4 Å². The highest BCUT2D eigenvalue weighted by atomic mass is 127. The maximum Gasteiger partial charge on any atom is 0.165 e. The van der Waals surface area contributed by atoms with Crippen LogP contribution in [0.5, 0.6) is 11.5 Å². The van der Waals surface area contributed by atoms with Crippen LogP contribution in [0.15, 0.2) is 83.0 Å². The number of hydrogen-bond acceptors (Lipinski definition) is 1. The fourth-order valence-electron chi connectivity index (χ4n) is 3.35. The van der Waals surface area contributed by atoms with E-state index >= 15 is 0 Å². The lowest BCUT2D eigenvalue weighted by Gasteiger charge is -2.27. The quantitative estimate of drug-likeness (QED) is 0.271. The van der Waals surface area contributed by atoms with Crippen LogP contribution in [0.4, 0.5) is 4.39 Å². The molecule has 1 unspecified atom stereocenters. The first kappa shape index (κ1) is 21.8. The molecule has 3 aromatic carbocycles. The third-order valence-electron chi connectivity index (χ3n) is 5.06. The van der Waals surface area contributed by atoms with Crippen molar-refractivity contribution in [1.29, 1.82) is 0 Å². The average molecular weight is 521 g/mol. The molecule has 0 radical (unpaired) electrons. The Labute approximate surface area is 190 Å². The highest BCUT2D eigenvalue weighted by molar-refractivity contribution is 14.1. The van der Waals surface area contributed by atoms with E-state index in [-0.39, 0.29) is 17.0 Å². The van der Waals surface area contributed by atoms with Gasteiger partial charge in [0.25, 0.3) is 0 Å². The van der Waals surface area contributed by atoms with Crippen LogP contribution in [-0.4, -0.2) is 0 Å². The summed E-state index contributed by atoms with van der Waals surface area (Å²) >= 11 is 8.31. The second kappa shape index (κ2) is 10.3. The molecule has 0 bridgehead atoms. The Hall–Kier alpha value is -1.85. The summed E-state index contributed by atoms with van der Waals surface area (Å²) in [6.07, 6.45) is 5.02. The van der Waals surface area contributed by atoms with Gasteiger partial charge in [-0.2, -0.15) is 0 Å². The molecule has 0 N–H and O–H groups in total. The minimum absolute atomic E-state index is 0.0742. The molecule has 0 amide bonds. The Morgan fingerprint density at radius 3 is 2.45 bits per heavy atom. The van der Waals surface area contributed by atoms with Gasteiger partial charge in [0.15, 0.2) is 11.6 Å². The molecule has 0 saturated heterocycles. The summed E-state index contributed by atoms with van der Waals surface area (Å²) in [7, 11) is 0. The lowest BCUT2D eigenvalue weighted by molar-refractivity contribution is 0.441. The number of allylic oxidation sites excluding steroid dienone is 1. The number of halogens is 3. The van der Waals surface area contributed by atoms with Crippen LogP contribution in [0.25, 0.3) is 0 Å². The summed E-state index contributed by atoms with van der Waals surface area (Å²) in [5.41, 5.74) is 2.23. The van der Waals surface area contributed by atoms with Crippen LogP contribution in [0.1, 0.15) is 30.9 Å². The van der Waals surface area contributed by atoms with Crippen LogP contribution in [0, 0.1) is 5.82 Å². The SMILES string of the molecule is CC(C=CI)(CCCc1ccc(F)c(Oc2ccccc2)c1)c1ccc(Cl)cc1. The molecule has 29 heavy (non-hydrogen) atoms. The Kier molecular flexibility index (Phi) is 7.73. The van der Waals surface area contributed by atoms with Crippen molar-refractivity contribution < 1.29 is 9.13 Å². The molecule has 3 aromatic rings. The molecule has 150 valence electrons. The van der Waals surface area contributed by atoms with Crippen molar-refractivity contribution in [3.05, 3.63) is 105 Å². The van der Waals surface area contributed by atoms with E-state index in [0.29, 0.717) is 5.75 Å². The summed E-state index contributed by atoms with van der Waals surface area (Å²) in [5.74, 6) is 0.545. The van der Waals surface area contributed by atoms with Gasteiger partial charge in [-0.1, -0.05) is 83.6 Å². The molecule has 0 aromatic heterocycles. The van der Waals surface area contributed by atoms with E-state index in [2.05, 4.69) is 51.8 Å². The van der Waals surface area contributed by atoms with E-state index in [1.54, 1.807) is 6.07 Å². The fourth-order valence-corrected chi connectivity index (χ4v) is 4.27. The second-order valence-electron chi connectivity index (χ2n) is 7.25. The van der Waals surface area contributed by atoms with Crippen molar-refractivity contribution in [3.8, 4) is 11.5 Å². The topological polar surface area (TPSA) is 9.23 Å². The Bertz CT molecular complexity index is 956. The molecule has 0 aliphatic rings. The van der Waals surface area contributed by atoms with Crippen LogP contribution in [0.2, 0.25) is 5.02 Å². The molecule has 0 fully saturated rings. The van der Waals surface area contributed by atoms with Gasteiger partial charge in [0.1, 0.15) is 5.75 Å². The van der Waals surface area contributed by atoms with Gasteiger partial charge in [-0.05, 0) is 70.9 Å². The lowest BCUT2D eigenvalue weighted by Crippen LogP contribution is -2.19. The maximum absolute atomic E-state index is 14.2. The normalized spacial score (nSPS) is 13.4. The zero-order chi connectivity index (χ0) is 20.7. The average Bonchev–Trinajstić information content (AvgIpc) is 2.72. The van der Waals surface area contributed by atoms with Crippen LogP contribution >= 0.6 is 34.2 Å².